The van der Waals surface area contributed by atoms with Gasteiger partial charge in [0.1, 0.15) is 5.75 Å². The van der Waals surface area contributed by atoms with Gasteiger partial charge in [-0.25, -0.2) is 0 Å². The van der Waals surface area contributed by atoms with Gasteiger partial charge in [0.2, 0.25) is 0 Å². The highest BCUT2D eigenvalue weighted by molar-refractivity contribution is 6.39. The molecule has 0 saturated carbocycles. The summed E-state index contributed by atoms with van der Waals surface area (Å²) in [5.41, 5.74) is 2.37. The number of ether oxygens (including phenoxy) is 1. The van der Waals surface area contributed by atoms with E-state index in [0.717, 1.165) is 16.9 Å². The third-order valence-electron chi connectivity index (χ3n) is 2.98. The second-order valence-electron chi connectivity index (χ2n) is 4.65. The Bertz CT molecular complexity index is 631. The van der Waals surface area contributed by atoms with Crippen LogP contribution in [-0.4, -0.2) is 12.5 Å². The molecule has 0 saturated heterocycles. The van der Waals surface area contributed by atoms with Crippen molar-refractivity contribution in [1.29, 1.82) is 0 Å². The number of benzene rings is 2. The second kappa shape index (κ2) is 6.83. The maximum absolute atomic E-state index is 12.0. The summed E-state index contributed by atoms with van der Waals surface area (Å²) in [6.07, 6.45) is 0. The first-order valence-electron chi connectivity index (χ1n) is 6.42. The Morgan fingerprint density at radius 3 is 2.14 bits per heavy atom. The summed E-state index contributed by atoms with van der Waals surface area (Å²) in [5, 5.41) is 3.44. The number of para-hydroxylation sites is 2. The van der Waals surface area contributed by atoms with E-state index in [-0.39, 0.29) is 12.5 Å². The lowest BCUT2D eigenvalue weighted by molar-refractivity contribution is -0.118. The van der Waals surface area contributed by atoms with Crippen molar-refractivity contribution < 1.29 is 9.53 Å². The first-order valence-corrected chi connectivity index (χ1v) is 7.17. The Morgan fingerprint density at radius 2 is 1.57 bits per heavy atom. The Kier molecular flexibility index (Phi) is 5.10. The van der Waals surface area contributed by atoms with Gasteiger partial charge < -0.3 is 10.1 Å². The minimum atomic E-state index is -0.312. The molecule has 0 fully saturated rings. The number of aryl methyl sites for hydroxylation is 2. The highest BCUT2D eigenvalue weighted by Crippen LogP contribution is 2.29. The largest absolute Gasteiger partial charge is 0.483 e. The molecule has 0 aromatic heterocycles. The predicted molar refractivity (Wildman–Crippen MR) is 86.5 cm³/mol. The lowest BCUT2D eigenvalue weighted by Gasteiger charge is -2.13. The number of amides is 1. The fraction of sp³-hybridized carbons (Fsp3) is 0.188. The molecule has 1 amide bonds. The maximum Gasteiger partial charge on any atom is 0.262 e. The molecule has 3 nitrogen and oxygen atoms in total. The fourth-order valence-corrected chi connectivity index (χ4v) is 2.45. The molecule has 2 rings (SSSR count). The summed E-state index contributed by atoms with van der Waals surface area (Å²) in [6, 6.07) is 10.9. The molecule has 1 N–H and O–H groups in total. The van der Waals surface area contributed by atoms with Crippen LogP contribution in [0.5, 0.6) is 5.75 Å². The molecule has 110 valence electrons. The number of nitrogens with one attached hydrogen (secondary N) is 1. The highest BCUT2D eigenvalue weighted by Gasteiger charge is 2.11. The lowest BCUT2D eigenvalue weighted by Crippen LogP contribution is -2.21. The molecule has 0 atom stereocenters. The first kappa shape index (κ1) is 15.7. The van der Waals surface area contributed by atoms with Crippen LogP contribution in [0, 0.1) is 13.8 Å². The maximum atomic E-state index is 12.0. The average Bonchev–Trinajstić information content (AvgIpc) is 2.42. The van der Waals surface area contributed by atoms with E-state index in [1.165, 1.54) is 0 Å². The Hall–Kier alpha value is -1.71. The van der Waals surface area contributed by atoms with Crippen LogP contribution in [0.15, 0.2) is 36.4 Å². The van der Waals surface area contributed by atoms with Gasteiger partial charge in [0.05, 0.1) is 15.7 Å². The van der Waals surface area contributed by atoms with Crippen LogP contribution in [-0.2, 0) is 4.79 Å². The minimum Gasteiger partial charge on any atom is -0.483 e. The topological polar surface area (TPSA) is 38.3 Å². The molecule has 0 bridgehead atoms. The van der Waals surface area contributed by atoms with Crippen molar-refractivity contribution in [3.8, 4) is 5.75 Å². The van der Waals surface area contributed by atoms with Crippen LogP contribution >= 0.6 is 23.2 Å². The van der Waals surface area contributed by atoms with E-state index in [1.807, 2.05) is 32.0 Å². The normalized spacial score (nSPS) is 10.3. The van der Waals surface area contributed by atoms with Gasteiger partial charge in [0.15, 0.2) is 6.61 Å². The molecule has 0 heterocycles. The fourth-order valence-electron chi connectivity index (χ4n) is 1.96. The van der Waals surface area contributed by atoms with E-state index in [2.05, 4.69) is 5.32 Å². The smallest absolute Gasteiger partial charge is 0.262 e. The number of carbonyl (C=O) groups excluding carboxylic acids is 1. The Balaban J connectivity index is 2.03. The molecule has 0 spiro atoms. The molecule has 0 radical (unpaired) electrons. The number of halogens is 2. The number of hydrogen-bond donors (Lipinski definition) is 1. The quantitative estimate of drug-likeness (QED) is 0.890. The van der Waals surface area contributed by atoms with Crippen molar-refractivity contribution in [2.75, 3.05) is 11.9 Å². The van der Waals surface area contributed by atoms with Crippen LogP contribution in [0.1, 0.15) is 11.1 Å². The van der Waals surface area contributed by atoms with Gasteiger partial charge in [-0.2, -0.15) is 0 Å². The summed E-state index contributed by atoms with van der Waals surface area (Å²) >= 11 is 12.0. The van der Waals surface area contributed by atoms with E-state index < -0.39 is 0 Å². The van der Waals surface area contributed by atoms with E-state index in [0.29, 0.717) is 15.7 Å². The zero-order valence-corrected chi connectivity index (χ0v) is 13.3. The van der Waals surface area contributed by atoms with Crippen molar-refractivity contribution in [1.82, 2.24) is 0 Å². The van der Waals surface area contributed by atoms with Gasteiger partial charge in [-0.05, 0) is 37.1 Å². The van der Waals surface area contributed by atoms with Crippen LogP contribution in [0.2, 0.25) is 10.0 Å². The Labute approximate surface area is 133 Å². The van der Waals surface area contributed by atoms with Crippen molar-refractivity contribution in [2.24, 2.45) is 0 Å². The van der Waals surface area contributed by atoms with Crippen molar-refractivity contribution >= 4 is 34.8 Å². The molecule has 0 aliphatic rings. The summed E-state index contributed by atoms with van der Waals surface area (Å²) in [6.45, 7) is 3.77. The number of carbonyl (C=O) groups is 1. The zero-order valence-electron chi connectivity index (χ0n) is 11.7. The molecule has 21 heavy (non-hydrogen) atoms. The van der Waals surface area contributed by atoms with E-state index in [1.54, 1.807) is 18.2 Å². The Morgan fingerprint density at radius 1 is 1.05 bits per heavy atom. The third-order valence-corrected chi connectivity index (χ3v) is 3.61. The zero-order chi connectivity index (χ0) is 15.4. The van der Waals surface area contributed by atoms with Gasteiger partial charge in [0, 0.05) is 0 Å². The van der Waals surface area contributed by atoms with Gasteiger partial charge in [-0.1, -0.05) is 47.5 Å². The molecule has 0 unspecified atom stereocenters. The molecular weight excluding hydrogens is 309 g/mol. The molecule has 2 aromatic rings. The van der Waals surface area contributed by atoms with Gasteiger partial charge >= 0.3 is 0 Å². The monoisotopic (exact) mass is 323 g/mol. The molecular formula is C16H15Cl2NO2. The molecule has 0 aliphatic heterocycles. The molecule has 0 aliphatic carbocycles. The highest BCUT2D eigenvalue weighted by atomic mass is 35.5. The standard InChI is InChI=1S/C16H15Cl2NO2/c1-10-5-3-6-11(2)16(10)21-9-14(20)19-15-12(17)7-4-8-13(15)18/h3-8H,9H2,1-2H3,(H,19,20). The summed E-state index contributed by atoms with van der Waals surface area (Å²) in [5.74, 6) is 0.408. The van der Waals surface area contributed by atoms with Crippen molar-refractivity contribution in [3.05, 3.63) is 57.6 Å². The number of hydrogen-bond acceptors (Lipinski definition) is 2. The minimum absolute atomic E-state index is 0.104. The molecule has 2 aromatic carbocycles. The van der Waals surface area contributed by atoms with E-state index in [4.69, 9.17) is 27.9 Å². The van der Waals surface area contributed by atoms with E-state index in [9.17, 15) is 4.79 Å². The summed E-state index contributed by atoms with van der Waals surface area (Å²) in [7, 11) is 0. The van der Waals surface area contributed by atoms with E-state index >= 15 is 0 Å². The van der Waals surface area contributed by atoms with Crippen LogP contribution in [0.25, 0.3) is 0 Å². The number of rotatable bonds is 4. The summed E-state index contributed by atoms with van der Waals surface area (Å²) in [4.78, 5) is 12.0. The average molecular weight is 324 g/mol. The number of anilines is 1. The first-order chi connectivity index (χ1) is 9.99. The van der Waals surface area contributed by atoms with Crippen LogP contribution in [0.4, 0.5) is 5.69 Å². The summed E-state index contributed by atoms with van der Waals surface area (Å²) < 4.78 is 5.58. The van der Waals surface area contributed by atoms with Crippen LogP contribution < -0.4 is 10.1 Å². The lowest BCUT2D eigenvalue weighted by atomic mass is 10.1. The van der Waals surface area contributed by atoms with Gasteiger partial charge in [-0.3, -0.25) is 4.79 Å². The molecule has 5 heteroatoms. The van der Waals surface area contributed by atoms with Crippen molar-refractivity contribution in [3.63, 3.8) is 0 Å². The second-order valence-corrected chi connectivity index (χ2v) is 5.47. The van der Waals surface area contributed by atoms with Crippen molar-refractivity contribution in [2.45, 2.75) is 13.8 Å². The predicted octanol–water partition coefficient (Wildman–Crippen LogP) is 4.63. The van der Waals surface area contributed by atoms with Gasteiger partial charge in [0.25, 0.3) is 5.91 Å². The SMILES string of the molecule is Cc1cccc(C)c1OCC(=O)Nc1c(Cl)cccc1Cl. The van der Waals surface area contributed by atoms with Crippen LogP contribution in [0.3, 0.4) is 0 Å². The van der Waals surface area contributed by atoms with Gasteiger partial charge in [-0.15, -0.1) is 0 Å². The third kappa shape index (κ3) is 3.90.